The van der Waals surface area contributed by atoms with Crippen LogP contribution in [-0.4, -0.2) is 32.5 Å². The summed E-state index contributed by atoms with van der Waals surface area (Å²) in [6.45, 7) is 1.61. The largest absolute Gasteiger partial charge is 0.364 e. The maximum atomic E-state index is 13.8. The van der Waals surface area contributed by atoms with Gasteiger partial charge in [0.05, 0.1) is 22.6 Å². The standard InChI is InChI=1S/C12H12F2N2O2S/c1-8-7-16(2-3-19(8,17)18)12-10(13)4-9(6-15)5-11(12)14/h4-5,8H,2-3,7H2,1H3. The van der Waals surface area contributed by atoms with Gasteiger partial charge in [-0.15, -0.1) is 0 Å². The van der Waals surface area contributed by atoms with Crippen LogP contribution in [0.2, 0.25) is 0 Å². The van der Waals surface area contributed by atoms with Crippen LogP contribution in [-0.2, 0) is 9.84 Å². The number of anilines is 1. The third-order valence-corrected chi connectivity index (χ3v) is 5.33. The quantitative estimate of drug-likeness (QED) is 0.784. The summed E-state index contributed by atoms with van der Waals surface area (Å²) in [5.41, 5.74) is -0.364. The van der Waals surface area contributed by atoms with Crippen LogP contribution in [0.1, 0.15) is 12.5 Å². The normalized spacial score (nSPS) is 22.0. The first-order chi connectivity index (χ1) is 8.85. The first-order valence-corrected chi connectivity index (χ1v) is 7.42. The van der Waals surface area contributed by atoms with Gasteiger partial charge in [0, 0.05) is 13.1 Å². The van der Waals surface area contributed by atoms with E-state index < -0.39 is 26.7 Å². The van der Waals surface area contributed by atoms with Gasteiger partial charge < -0.3 is 4.90 Å². The Balaban J connectivity index is 2.37. The van der Waals surface area contributed by atoms with Gasteiger partial charge in [0.15, 0.2) is 21.5 Å². The van der Waals surface area contributed by atoms with Crippen LogP contribution >= 0.6 is 0 Å². The summed E-state index contributed by atoms with van der Waals surface area (Å²) in [6.07, 6.45) is 0. The molecule has 0 saturated carbocycles. The number of hydrogen-bond donors (Lipinski definition) is 0. The summed E-state index contributed by atoms with van der Waals surface area (Å²) in [7, 11) is -3.18. The van der Waals surface area contributed by atoms with E-state index in [0.717, 1.165) is 12.1 Å². The number of nitriles is 1. The maximum absolute atomic E-state index is 13.8. The Morgan fingerprint density at radius 3 is 2.42 bits per heavy atom. The zero-order valence-electron chi connectivity index (χ0n) is 10.2. The second-order valence-corrected chi connectivity index (χ2v) is 7.06. The van der Waals surface area contributed by atoms with Crippen molar-refractivity contribution in [2.45, 2.75) is 12.2 Å². The highest BCUT2D eigenvalue weighted by Crippen LogP contribution is 2.27. The van der Waals surface area contributed by atoms with Crippen molar-refractivity contribution in [1.29, 1.82) is 5.26 Å². The molecule has 0 aliphatic carbocycles. The molecule has 0 N–H and O–H groups in total. The molecule has 0 spiro atoms. The molecule has 0 radical (unpaired) electrons. The SMILES string of the molecule is CC1CN(c2c(F)cc(C#N)cc2F)CCS1(=O)=O. The molecular weight excluding hydrogens is 274 g/mol. The lowest BCUT2D eigenvalue weighted by atomic mass is 10.1. The molecule has 102 valence electrons. The molecule has 0 aromatic heterocycles. The Bertz CT molecular complexity index is 629. The summed E-state index contributed by atoms with van der Waals surface area (Å²) in [5, 5.41) is 7.95. The van der Waals surface area contributed by atoms with E-state index in [4.69, 9.17) is 5.26 Å². The van der Waals surface area contributed by atoms with Crippen LogP contribution in [0.15, 0.2) is 12.1 Å². The number of nitrogens with zero attached hydrogens (tertiary/aromatic N) is 2. The topological polar surface area (TPSA) is 61.2 Å². The van der Waals surface area contributed by atoms with Crippen molar-refractivity contribution in [2.75, 3.05) is 23.7 Å². The van der Waals surface area contributed by atoms with Gasteiger partial charge in [-0.2, -0.15) is 5.26 Å². The van der Waals surface area contributed by atoms with Crippen molar-refractivity contribution in [1.82, 2.24) is 0 Å². The van der Waals surface area contributed by atoms with Crippen molar-refractivity contribution >= 4 is 15.5 Å². The van der Waals surface area contributed by atoms with Gasteiger partial charge in [-0.05, 0) is 19.1 Å². The smallest absolute Gasteiger partial charge is 0.156 e. The number of halogens is 2. The molecule has 0 bridgehead atoms. The van der Waals surface area contributed by atoms with Crippen molar-refractivity contribution in [2.24, 2.45) is 0 Å². The highest BCUT2D eigenvalue weighted by atomic mass is 32.2. The lowest BCUT2D eigenvalue weighted by molar-refractivity contribution is 0.548. The fourth-order valence-corrected chi connectivity index (χ4v) is 3.37. The molecule has 1 aromatic rings. The van der Waals surface area contributed by atoms with Crippen molar-refractivity contribution in [3.63, 3.8) is 0 Å². The van der Waals surface area contributed by atoms with E-state index >= 15 is 0 Å². The van der Waals surface area contributed by atoms with Crippen LogP contribution in [0.5, 0.6) is 0 Å². The lowest BCUT2D eigenvalue weighted by Gasteiger charge is -2.33. The van der Waals surface area contributed by atoms with Crippen LogP contribution in [0.4, 0.5) is 14.5 Å². The van der Waals surface area contributed by atoms with Gasteiger partial charge in [0.25, 0.3) is 0 Å². The number of hydrogen-bond acceptors (Lipinski definition) is 4. The van der Waals surface area contributed by atoms with E-state index in [2.05, 4.69) is 0 Å². The third kappa shape index (κ3) is 2.54. The van der Waals surface area contributed by atoms with Crippen LogP contribution in [0.3, 0.4) is 0 Å². The Kier molecular flexibility index (Phi) is 3.45. The summed E-state index contributed by atoms with van der Waals surface area (Å²) >= 11 is 0. The van der Waals surface area contributed by atoms with Gasteiger partial charge >= 0.3 is 0 Å². The molecule has 2 rings (SSSR count). The molecule has 1 unspecified atom stereocenters. The van der Waals surface area contributed by atoms with Crippen LogP contribution in [0, 0.1) is 23.0 Å². The first-order valence-electron chi connectivity index (χ1n) is 5.71. The fraction of sp³-hybridized carbons (Fsp3) is 0.417. The highest BCUT2D eigenvalue weighted by Gasteiger charge is 2.31. The van der Waals surface area contributed by atoms with Gasteiger partial charge in [-0.25, -0.2) is 17.2 Å². The zero-order chi connectivity index (χ0) is 14.2. The summed E-state index contributed by atoms with van der Waals surface area (Å²) in [5.74, 6) is -1.82. The number of rotatable bonds is 1. The van der Waals surface area contributed by atoms with Crippen molar-refractivity contribution in [3.05, 3.63) is 29.3 Å². The van der Waals surface area contributed by atoms with Gasteiger partial charge in [-0.1, -0.05) is 0 Å². The minimum Gasteiger partial charge on any atom is -0.364 e. The Hall–Kier alpha value is -1.68. The Morgan fingerprint density at radius 1 is 1.37 bits per heavy atom. The molecule has 1 fully saturated rings. The van der Waals surface area contributed by atoms with Crippen molar-refractivity contribution in [3.8, 4) is 6.07 Å². The molecule has 1 aromatic carbocycles. The van der Waals surface area contributed by atoms with Crippen LogP contribution in [0.25, 0.3) is 0 Å². The molecular formula is C12H12F2N2O2S. The fourth-order valence-electron chi connectivity index (χ4n) is 2.09. The van der Waals surface area contributed by atoms with E-state index in [1.54, 1.807) is 6.07 Å². The Labute approximate surface area is 110 Å². The van der Waals surface area contributed by atoms with Gasteiger partial charge in [0.1, 0.15) is 5.69 Å². The molecule has 1 saturated heterocycles. The second kappa shape index (κ2) is 4.78. The summed E-state index contributed by atoms with van der Waals surface area (Å²) < 4.78 is 50.8. The summed E-state index contributed by atoms with van der Waals surface area (Å²) in [6, 6.07) is 3.57. The van der Waals surface area contributed by atoms with Gasteiger partial charge in [-0.3, -0.25) is 0 Å². The average molecular weight is 286 g/mol. The average Bonchev–Trinajstić information content (AvgIpc) is 2.33. The van der Waals surface area contributed by atoms with Crippen LogP contribution < -0.4 is 4.90 Å². The molecule has 1 aliphatic heterocycles. The van der Waals surface area contributed by atoms with E-state index in [1.807, 2.05) is 0 Å². The predicted molar refractivity (Wildman–Crippen MR) is 66.5 cm³/mol. The highest BCUT2D eigenvalue weighted by molar-refractivity contribution is 7.92. The molecule has 1 atom stereocenters. The zero-order valence-corrected chi connectivity index (χ0v) is 11.0. The number of sulfone groups is 1. The monoisotopic (exact) mass is 286 g/mol. The molecule has 19 heavy (non-hydrogen) atoms. The minimum atomic E-state index is -3.18. The summed E-state index contributed by atoms with van der Waals surface area (Å²) in [4.78, 5) is 1.37. The van der Waals surface area contributed by atoms with E-state index in [-0.39, 0.29) is 30.1 Å². The van der Waals surface area contributed by atoms with Crippen molar-refractivity contribution < 1.29 is 17.2 Å². The first kappa shape index (κ1) is 13.7. The van der Waals surface area contributed by atoms with E-state index in [0.29, 0.717) is 0 Å². The second-order valence-electron chi connectivity index (χ2n) is 4.52. The molecule has 1 heterocycles. The molecule has 7 heteroatoms. The Morgan fingerprint density at radius 2 is 1.95 bits per heavy atom. The maximum Gasteiger partial charge on any atom is 0.156 e. The molecule has 4 nitrogen and oxygen atoms in total. The third-order valence-electron chi connectivity index (χ3n) is 3.20. The van der Waals surface area contributed by atoms with Gasteiger partial charge in [0.2, 0.25) is 0 Å². The predicted octanol–water partition coefficient (Wildman–Crippen LogP) is 1.46. The molecule has 0 amide bonds. The minimum absolute atomic E-state index is 0.0437. The number of benzene rings is 1. The van der Waals surface area contributed by atoms with E-state index in [9.17, 15) is 17.2 Å². The lowest BCUT2D eigenvalue weighted by Crippen LogP contribution is -2.46. The van der Waals surface area contributed by atoms with E-state index in [1.165, 1.54) is 11.8 Å². The molecule has 1 aliphatic rings.